The smallest absolute Gasteiger partial charge is 0.336 e. The number of unbranched alkanes of at least 4 members (excludes halogenated alkanes) is 2. The minimum absolute atomic E-state index is 0.0813. The summed E-state index contributed by atoms with van der Waals surface area (Å²) < 4.78 is 4.91. The molecule has 0 bridgehead atoms. The Labute approximate surface area is 147 Å². The number of para-hydroxylation sites is 1. The van der Waals surface area contributed by atoms with Crippen molar-refractivity contribution >= 4 is 22.7 Å². The standard InChI is InChI=1S/C9H6O2.C8H17N3O.CH5N/c10-9-6-5-7-3-1-2-4-8(7)11-9;1-11-8(12)6-4-2-3-5-7(9)10;1-2/h1-6H;2-6H2,1H3,(H3,9,10)(H,11,12);2H2,1H3. The van der Waals surface area contributed by atoms with E-state index in [1.54, 1.807) is 19.2 Å². The first-order valence-electron chi connectivity index (χ1n) is 8.13. The predicted octanol–water partition coefficient (Wildman–Crippen LogP) is 1.99. The van der Waals surface area contributed by atoms with E-state index in [1.165, 1.54) is 13.1 Å². The quantitative estimate of drug-likeness (QED) is 0.274. The molecule has 0 aliphatic rings. The van der Waals surface area contributed by atoms with E-state index in [9.17, 15) is 9.59 Å². The van der Waals surface area contributed by atoms with Crippen molar-refractivity contribution in [2.24, 2.45) is 11.5 Å². The molecule has 7 nitrogen and oxygen atoms in total. The fourth-order valence-electron chi connectivity index (χ4n) is 1.91. The summed E-state index contributed by atoms with van der Waals surface area (Å²) in [6.45, 7) is 0. The van der Waals surface area contributed by atoms with Crippen LogP contribution in [0.15, 0.2) is 45.6 Å². The molecule has 0 spiro atoms. The van der Waals surface area contributed by atoms with E-state index in [4.69, 9.17) is 15.6 Å². The molecule has 1 heterocycles. The highest BCUT2D eigenvalue weighted by molar-refractivity contribution is 5.77. The van der Waals surface area contributed by atoms with Gasteiger partial charge in [-0.3, -0.25) is 10.2 Å². The van der Waals surface area contributed by atoms with E-state index in [0.717, 1.165) is 24.6 Å². The van der Waals surface area contributed by atoms with E-state index in [-0.39, 0.29) is 17.4 Å². The lowest BCUT2D eigenvalue weighted by Crippen LogP contribution is -2.17. The van der Waals surface area contributed by atoms with Gasteiger partial charge >= 0.3 is 5.63 Å². The molecule has 1 amide bonds. The second kappa shape index (κ2) is 13.7. The van der Waals surface area contributed by atoms with Crippen molar-refractivity contribution in [2.45, 2.75) is 32.1 Å². The molecule has 7 heteroatoms. The second-order valence-corrected chi connectivity index (χ2v) is 5.05. The fourth-order valence-corrected chi connectivity index (χ4v) is 1.91. The normalized spacial score (nSPS) is 9.24. The first-order valence-corrected chi connectivity index (χ1v) is 8.13. The van der Waals surface area contributed by atoms with Crippen LogP contribution in [0.4, 0.5) is 0 Å². The summed E-state index contributed by atoms with van der Waals surface area (Å²) in [5, 5.41) is 10.5. The Morgan fingerprint density at radius 3 is 2.36 bits per heavy atom. The van der Waals surface area contributed by atoms with Gasteiger partial charge < -0.3 is 21.2 Å². The number of amides is 1. The highest BCUT2D eigenvalue weighted by Crippen LogP contribution is 2.09. The molecule has 0 radical (unpaired) electrons. The summed E-state index contributed by atoms with van der Waals surface area (Å²) in [5.74, 6) is 0.313. The van der Waals surface area contributed by atoms with Crippen LogP contribution in [0, 0.1) is 5.41 Å². The van der Waals surface area contributed by atoms with Crippen molar-refractivity contribution in [2.75, 3.05) is 14.1 Å². The van der Waals surface area contributed by atoms with E-state index < -0.39 is 0 Å². The lowest BCUT2D eigenvalue weighted by molar-refractivity contribution is -0.120. The minimum Gasteiger partial charge on any atom is -0.423 e. The van der Waals surface area contributed by atoms with E-state index in [2.05, 4.69) is 11.1 Å². The summed E-state index contributed by atoms with van der Waals surface area (Å²) in [6, 6.07) is 10.6. The monoisotopic (exact) mass is 348 g/mol. The first-order chi connectivity index (χ1) is 12.0. The maximum Gasteiger partial charge on any atom is 0.336 e. The number of nitrogens with one attached hydrogen (secondary N) is 2. The third kappa shape index (κ3) is 10.7. The Morgan fingerprint density at radius 1 is 1.08 bits per heavy atom. The highest BCUT2D eigenvalue weighted by Gasteiger charge is 1.97. The van der Waals surface area contributed by atoms with Crippen molar-refractivity contribution in [3.05, 3.63) is 46.8 Å². The topological polar surface area (TPSA) is 135 Å². The zero-order valence-electron chi connectivity index (χ0n) is 14.9. The molecule has 1 aromatic heterocycles. The van der Waals surface area contributed by atoms with Gasteiger partial charge in [-0.25, -0.2) is 4.79 Å². The summed E-state index contributed by atoms with van der Waals surface area (Å²) in [7, 11) is 3.14. The first kappa shape index (κ1) is 22.3. The van der Waals surface area contributed by atoms with Crippen molar-refractivity contribution in [3.8, 4) is 0 Å². The molecule has 0 saturated carbocycles. The number of hydrogen-bond acceptors (Lipinski definition) is 5. The molecule has 0 atom stereocenters. The van der Waals surface area contributed by atoms with Gasteiger partial charge in [-0.2, -0.15) is 0 Å². The van der Waals surface area contributed by atoms with Gasteiger partial charge in [-0.05, 0) is 32.0 Å². The lowest BCUT2D eigenvalue weighted by Gasteiger charge is -1.99. The summed E-state index contributed by atoms with van der Waals surface area (Å²) in [6.07, 6.45) is 3.98. The Morgan fingerprint density at radius 2 is 1.72 bits per heavy atom. The maximum atomic E-state index is 10.7. The Kier molecular flexibility index (Phi) is 12.3. The van der Waals surface area contributed by atoms with Crippen LogP contribution in [0.5, 0.6) is 0 Å². The zero-order valence-corrected chi connectivity index (χ0v) is 14.9. The number of fused-ring (bicyclic) bond motifs is 1. The van der Waals surface area contributed by atoms with Crippen LogP contribution < -0.4 is 22.4 Å². The largest absolute Gasteiger partial charge is 0.423 e. The minimum atomic E-state index is -0.302. The lowest BCUT2D eigenvalue weighted by atomic mass is 10.1. The molecule has 0 unspecified atom stereocenters. The Bertz CT molecular complexity index is 698. The number of hydrogen-bond donors (Lipinski definition) is 4. The molecular weight excluding hydrogens is 320 g/mol. The van der Waals surface area contributed by atoms with Crippen LogP contribution in [-0.2, 0) is 4.79 Å². The third-order valence-corrected chi connectivity index (χ3v) is 3.16. The van der Waals surface area contributed by atoms with Crippen molar-refractivity contribution in [3.63, 3.8) is 0 Å². The van der Waals surface area contributed by atoms with Gasteiger partial charge in [-0.1, -0.05) is 24.6 Å². The number of amidine groups is 1. The molecule has 0 saturated heterocycles. The third-order valence-electron chi connectivity index (χ3n) is 3.16. The maximum absolute atomic E-state index is 10.7. The molecule has 0 fully saturated rings. The molecule has 2 rings (SSSR count). The number of nitrogens with two attached hydrogens (primary N) is 2. The van der Waals surface area contributed by atoms with Crippen molar-refractivity contribution < 1.29 is 9.21 Å². The highest BCUT2D eigenvalue weighted by atomic mass is 16.4. The van der Waals surface area contributed by atoms with E-state index in [1.807, 2.05) is 18.2 Å². The number of benzene rings is 1. The van der Waals surface area contributed by atoms with Gasteiger partial charge in [-0.15, -0.1) is 0 Å². The Balaban J connectivity index is 0.000000419. The average molecular weight is 348 g/mol. The van der Waals surface area contributed by atoms with Crippen molar-refractivity contribution in [1.82, 2.24) is 5.32 Å². The number of carbonyl (C=O) groups is 1. The summed E-state index contributed by atoms with van der Waals surface area (Å²) in [4.78, 5) is 21.4. The SMILES string of the molecule is CN.CNC(=O)CCCCCC(=N)N.O=c1ccc2ccccc2o1. The van der Waals surface area contributed by atoms with Crippen LogP contribution in [0.1, 0.15) is 32.1 Å². The van der Waals surface area contributed by atoms with Crippen LogP contribution >= 0.6 is 0 Å². The molecule has 1 aromatic carbocycles. The van der Waals surface area contributed by atoms with E-state index in [0.29, 0.717) is 18.4 Å². The second-order valence-electron chi connectivity index (χ2n) is 5.05. The molecule has 25 heavy (non-hydrogen) atoms. The predicted molar refractivity (Wildman–Crippen MR) is 102 cm³/mol. The van der Waals surface area contributed by atoms with Crippen LogP contribution in [0.25, 0.3) is 11.0 Å². The molecular formula is C18H28N4O3. The number of carbonyl (C=O) groups excluding carboxylic acids is 1. The summed E-state index contributed by atoms with van der Waals surface area (Å²) in [5.41, 5.74) is 10.0. The number of rotatable bonds is 6. The summed E-state index contributed by atoms with van der Waals surface area (Å²) >= 11 is 0. The zero-order chi connectivity index (χ0) is 19.1. The van der Waals surface area contributed by atoms with Gasteiger partial charge in [0.25, 0.3) is 0 Å². The molecule has 2 aromatic rings. The average Bonchev–Trinajstić information content (AvgIpc) is 2.63. The molecule has 0 aliphatic carbocycles. The molecule has 138 valence electrons. The van der Waals surface area contributed by atoms with Crippen LogP contribution in [0.2, 0.25) is 0 Å². The molecule has 0 aliphatic heterocycles. The van der Waals surface area contributed by atoms with Gasteiger partial charge in [0.2, 0.25) is 5.91 Å². The van der Waals surface area contributed by atoms with Gasteiger partial charge in [0.05, 0.1) is 5.84 Å². The van der Waals surface area contributed by atoms with Crippen molar-refractivity contribution in [1.29, 1.82) is 5.41 Å². The Hall–Kier alpha value is -2.67. The fraction of sp³-hybridized carbons (Fsp3) is 0.389. The van der Waals surface area contributed by atoms with Crippen LogP contribution in [-0.4, -0.2) is 25.8 Å². The van der Waals surface area contributed by atoms with Gasteiger partial charge in [0, 0.05) is 31.3 Å². The van der Waals surface area contributed by atoms with Crippen LogP contribution in [0.3, 0.4) is 0 Å². The van der Waals surface area contributed by atoms with Gasteiger partial charge in [0.1, 0.15) is 5.58 Å². The van der Waals surface area contributed by atoms with Gasteiger partial charge in [0.15, 0.2) is 0 Å². The van der Waals surface area contributed by atoms with E-state index >= 15 is 0 Å². The molecule has 6 N–H and O–H groups in total.